The molecule has 0 N–H and O–H groups in total. The van der Waals surface area contributed by atoms with Gasteiger partial charge in [-0.15, -0.1) is 0 Å². The van der Waals surface area contributed by atoms with Crippen LogP contribution in [0.4, 0.5) is 0 Å². The lowest BCUT2D eigenvalue weighted by molar-refractivity contribution is -0.103. The molecule has 12 heavy (non-hydrogen) atoms. The van der Waals surface area contributed by atoms with Crippen molar-refractivity contribution in [2.75, 3.05) is 6.54 Å². The van der Waals surface area contributed by atoms with Gasteiger partial charge in [0, 0.05) is 6.07 Å². The number of para-hydroxylation sites is 1. The summed E-state index contributed by atoms with van der Waals surface area (Å²) in [5.74, 6) is 0. The molecule has 60 valence electrons. The van der Waals surface area contributed by atoms with Crippen LogP contribution < -0.4 is 15.3 Å². The van der Waals surface area contributed by atoms with Crippen LogP contribution in [-0.4, -0.2) is 12.8 Å². The molecule has 1 heterocycles. The Balaban J connectivity index is 2.93. The topological polar surface area (TPSA) is 43.1 Å². The summed E-state index contributed by atoms with van der Waals surface area (Å²) >= 11 is 0. The van der Waals surface area contributed by atoms with Crippen molar-refractivity contribution in [3.8, 4) is 0 Å². The van der Waals surface area contributed by atoms with Gasteiger partial charge in [-0.25, -0.2) is 4.74 Å². The van der Waals surface area contributed by atoms with Gasteiger partial charge in [-0.3, -0.25) is 4.79 Å². The first-order valence-electron chi connectivity index (χ1n) is 3.68. The minimum Gasteiger partial charge on any atom is -0.623 e. The van der Waals surface area contributed by atoms with E-state index in [1.165, 1.54) is 0 Å². The van der Waals surface area contributed by atoms with Gasteiger partial charge < -0.3 is 5.21 Å². The standard InChI is InChI=1S/C9H7NO2/c11-6-7-5-10(12)9-4-2-1-3-8(7)9/h1-4,6H,5H2. The Morgan fingerprint density at radius 1 is 1.42 bits per heavy atom. The number of hydrogen-bond donors (Lipinski definition) is 0. The van der Waals surface area contributed by atoms with Crippen LogP contribution in [0.15, 0.2) is 24.3 Å². The summed E-state index contributed by atoms with van der Waals surface area (Å²) in [5.41, 5.74) is 0.570. The molecule has 1 aliphatic heterocycles. The van der Waals surface area contributed by atoms with Gasteiger partial charge in [0.2, 0.25) is 5.36 Å². The zero-order valence-corrected chi connectivity index (χ0v) is 6.36. The third-order valence-corrected chi connectivity index (χ3v) is 1.97. The first kappa shape index (κ1) is 7.03. The molecule has 0 aliphatic carbocycles. The lowest BCUT2D eigenvalue weighted by atomic mass is 10.2. The van der Waals surface area contributed by atoms with E-state index in [-0.39, 0.29) is 6.54 Å². The van der Waals surface area contributed by atoms with E-state index in [0.717, 1.165) is 16.2 Å². The Morgan fingerprint density at radius 2 is 2.17 bits per heavy atom. The van der Waals surface area contributed by atoms with Crippen LogP contribution in [0.3, 0.4) is 0 Å². The van der Waals surface area contributed by atoms with Crippen molar-refractivity contribution in [2.45, 2.75) is 0 Å². The van der Waals surface area contributed by atoms with Gasteiger partial charge in [-0.2, -0.15) is 0 Å². The van der Waals surface area contributed by atoms with Gasteiger partial charge in [-0.05, 0) is 6.07 Å². The summed E-state index contributed by atoms with van der Waals surface area (Å²) in [6, 6.07) is 7.12. The second-order valence-corrected chi connectivity index (χ2v) is 2.70. The third kappa shape index (κ3) is 0.830. The summed E-state index contributed by atoms with van der Waals surface area (Å²) in [5, 5.41) is 12.5. The zero-order valence-electron chi connectivity index (χ0n) is 6.36. The molecule has 2 rings (SSSR count). The number of hydrogen-bond acceptors (Lipinski definition) is 2. The fourth-order valence-electron chi connectivity index (χ4n) is 1.39. The lowest BCUT2D eigenvalue weighted by Crippen LogP contribution is -2.29. The van der Waals surface area contributed by atoms with Gasteiger partial charge >= 0.3 is 0 Å². The van der Waals surface area contributed by atoms with Gasteiger partial charge in [0.15, 0.2) is 12.8 Å². The molecule has 1 aromatic carbocycles. The van der Waals surface area contributed by atoms with E-state index in [1.54, 1.807) is 18.2 Å². The van der Waals surface area contributed by atoms with Crippen molar-refractivity contribution in [3.63, 3.8) is 0 Å². The summed E-state index contributed by atoms with van der Waals surface area (Å²) < 4.78 is 0.832. The molecule has 0 aromatic heterocycles. The van der Waals surface area contributed by atoms with E-state index in [9.17, 15) is 10.0 Å². The van der Waals surface area contributed by atoms with Crippen LogP contribution in [0.2, 0.25) is 0 Å². The quantitative estimate of drug-likeness (QED) is 0.302. The number of carbonyl (C=O) groups excluding carboxylic acids is 1. The maximum absolute atomic E-state index is 11.2. The van der Waals surface area contributed by atoms with E-state index in [4.69, 9.17) is 0 Å². The van der Waals surface area contributed by atoms with E-state index in [1.807, 2.05) is 6.07 Å². The van der Waals surface area contributed by atoms with E-state index < -0.39 is 0 Å². The summed E-state index contributed by atoms with van der Waals surface area (Å²) in [6.45, 7) is 0.183. The van der Waals surface area contributed by atoms with E-state index >= 15 is 0 Å². The Kier molecular flexibility index (Phi) is 1.43. The predicted molar refractivity (Wildman–Crippen MR) is 44.6 cm³/mol. The number of benzene rings is 1. The molecule has 0 saturated carbocycles. The Hall–Kier alpha value is -1.64. The minimum absolute atomic E-state index is 0.183. The Bertz CT molecular complexity index is 448. The Morgan fingerprint density at radius 3 is 2.92 bits per heavy atom. The largest absolute Gasteiger partial charge is 0.623 e. The van der Waals surface area contributed by atoms with Crippen molar-refractivity contribution in [1.82, 2.24) is 4.74 Å². The second-order valence-electron chi connectivity index (χ2n) is 2.70. The number of aldehydes is 1. The highest BCUT2D eigenvalue weighted by atomic mass is 16.5. The highest BCUT2D eigenvalue weighted by Gasteiger charge is 2.13. The maximum Gasteiger partial charge on any atom is 0.219 e. The number of fused-ring (bicyclic) bond motifs is 1. The minimum atomic E-state index is 0.183. The van der Waals surface area contributed by atoms with Gasteiger partial charge in [-0.1, -0.05) is 12.1 Å². The molecular weight excluding hydrogens is 154 g/mol. The van der Waals surface area contributed by atoms with E-state index in [0.29, 0.717) is 10.9 Å². The normalized spacial score (nSPS) is 14.7. The molecule has 0 radical (unpaired) electrons. The van der Waals surface area contributed by atoms with Crippen LogP contribution in [-0.2, 0) is 4.79 Å². The summed E-state index contributed by atoms with van der Waals surface area (Å²) in [6.07, 6.45) is 0.747. The first-order valence-corrected chi connectivity index (χ1v) is 3.68. The SMILES string of the molecule is O=CC1=c2ccccc2=[N+]([O-])C1. The van der Waals surface area contributed by atoms with Crippen LogP contribution in [0.1, 0.15) is 0 Å². The molecule has 0 saturated heterocycles. The van der Waals surface area contributed by atoms with Crippen LogP contribution in [0.5, 0.6) is 0 Å². The average Bonchev–Trinajstić information content (AvgIpc) is 2.44. The highest BCUT2D eigenvalue weighted by Crippen LogP contribution is 1.89. The summed E-state index contributed by atoms with van der Waals surface area (Å²) in [7, 11) is 0. The zero-order chi connectivity index (χ0) is 8.55. The molecule has 1 aromatic rings. The monoisotopic (exact) mass is 161 g/mol. The molecule has 1 aliphatic rings. The number of nitrogens with zero attached hydrogens (tertiary/aromatic N) is 1. The van der Waals surface area contributed by atoms with Crippen LogP contribution in [0.25, 0.3) is 5.57 Å². The molecule has 3 nitrogen and oxygen atoms in total. The molecule has 0 atom stereocenters. The molecule has 0 spiro atoms. The van der Waals surface area contributed by atoms with Crippen molar-refractivity contribution >= 4 is 11.9 Å². The van der Waals surface area contributed by atoms with Crippen LogP contribution >= 0.6 is 0 Å². The fourth-order valence-corrected chi connectivity index (χ4v) is 1.39. The van der Waals surface area contributed by atoms with Gasteiger partial charge in [0.1, 0.15) is 0 Å². The number of hydroxylamine groups is 1. The second kappa shape index (κ2) is 2.44. The molecule has 0 fully saturated rings. The molecular formula is C9H7NO2. The fraction of sp³-hybridized carbons (Fsp3) is 0.111. The van der Waals surface area contributed by atoms with Crippen molar-refractivity contribution in [2.24, 2.45) is 0 Å². The molecule has 0 amide bonds. The smallest absolute Gasteiger partial charge is 0.219 e. The van der Waals surface area contributed by atoms with Crippen LogP contribution in [0, 0.1) is 5.21 Å². The van der Waals surface area contributed by atoms with Gasteiger partial charge in [0.25, 0.3) is 0 Å². The first-order chi connectivity index (χ1) is 5.83. The summed E-state index contributed by atoms with van der Waals surface area (Å²) in [4.78, 5) is 10.5. The van der Waals surface area contributed by atoms with E-state index in [2.05, 4.69) is 0 Å². The Labute approximate surface area is 68.8 Å². The van der Waals surface area contributed by atoms with Gasteiger partial charge in [0.05, 0.1) is 10.8 Å². The predicted octanol–water partition coefficient (Wildman–Crippen LogP) is -0.961. The molecule has 3 heteroatoms. The molecule has 0 unspecified atom stereocenters. The third-order valence-electron chi connectivity index (χ3n) is 1.97. The maximum atomic E-state index is 11.2. The molecule has 0 bridgehead atoms. The van der Waals surface area contributed by atoms with Crippen molar-refractivity contribution in [3.05, 3.63) is 40.0 Å². The number of carbonyl (C=O) groups is 1. The van der Waals surface area contributed by atoms with Crippen molar-refractivity contribution < 1.29 is 4.79 Å². The number of rotatable bonds is 1. The lowest BCUT2D eigenvalue weighted by Gasteiger charge is -1.94. The highest BCUT2D eigenvalue weighted by molar-refractivity contribution is 5.99. The average molecular weight is 161 g/mol. The van der Waals surface area contributed by atoms with Crippen molar-refractivity contribution in [1.29, 1.82) is 0 Å².